The van der Waals surface area contributed by atoms with Gasteiger partial charge < -0.3 is 14.2 Å². The van der Waals surface area contributed by atoms with Crippen molar-refractivity contribution in [2.75, 3.05) is 26.3 Å². The summed E-state index contributed by atoms with van der Waals surface area (Å²) in [5.74, 6) is -0.984. The molecule has 3 aliphatic heterocycles. The normalized spacial score (nSPS) is 19.8. The fraction of sp³-hybridized carbons (Fsp3) is 0.273. The number of halogens is 2. The van der Waals surface area contributed by atoms with E-state index in [4.69, 9.17) is 21.7 Å². The van der Waals surface area contributed by atoms with Crippen LogP contribution in [-0.4, -0.2) is 62.9 Å². The number of nitrogens with one attached hydrogen (secondary N) is 1. The van der Waals surface area contributed by atoms with Crippen LogP contribution in [0.1, 0.15) is 17.0 Å². The molecule has 2 aromatic rings. The molecule has 0 saturated carbocycles. The third-order valence-corrected chi connectivity index (χ3v) is 6.92. The van der Waals surface area contributed by atoms with E-state index in [-0.39, 0.29) is 16.4 Å². The summed E-state index contributed by atoms with van der Waals surface area (Å²) in [6.45, 7) is 6.44. The molecule has 4 heterocycles. The highest BCUT2D eigenvalue weighted by Gasteiger charge is 2.37. The summed E-state index contributed by atoms with van der Waals surface area (Å²) >= 11 is 7.26. The van der Waals surface area contributed by atoms with Gasteiger partial charge in [-0.1, -0.05) is 11.6 Å². The lowest BCUT2D eigenvalue weighted by molar-refractivity contribution is -0.114. The van der Waals surface area contributed by atoms with Crippen molar-refractivity contribution in [3.05, 3.63) is 57.6 Å². The molecule has 0 aliphatic carbocycles. The van der Waals surface area contributed by atoms with E-state index in [2.05, 4.69) is 15.0 Å². The van der Waals surface area contributed by atoms with Crippen LogP contribution in [0, 0.1) is 25.1 Å². The zero-order chi connectivity index (χ0) is 23.3. The first kappa shape index (κ1) is 21.9. The highest BCUT2D eigenvalue weighted by atomic mass is 35.5. The van der Waals surface area contributed by atoms with Crippen molar-refractivity contribution in [3.8, 4) is 5.69 Å². The Kier molecular flexibility index (Phi) is 5.59. The van der Waals surface area contributed by atoms with E-state index in [1.165, 1.54) is 22.8 Å². The number of amides is 1. The summed E-state index contributed by atoms with van der Waals surface area (Å²) in [6.07, 6.45) is 1.65. The summed E-state index contributed by atoms with van der Waals surface area (Å²) in [5.41, 5.74) is 3.33. The Bertz CT molecular complexity index is 1280. The molecule has 1 aromatic carbocycles. The number of amidine groups is 3. The number of rotatable bonds is 2. The predicted molar refractivity (Wildman–Crippen MR) is 128 cm³/mol. The van der Waals surface area contributed by atoms with E-state index in [1.54, 1.807) is 18.2 Å². The molecule has 5 rings (SSSR count). The third kappa shape index (κ3) is 3.88. The van der Waals surface area contributed by atoms with Crippen LogP contribution in [0.5, 0.6) is 0 Å². The Balaban J connectivity index is 1.48. The van der Waals surface area contributed by atoms with Gasteiger partial charge in [-0.15, -0.1) is 5.10 Å². The second kappa shape index (κ2) is 8.44. The van der Waals surface area contributed by atoms with E-state index in [0.717, 1.165) is 17.0 Å². The van der Waals surface area contributed by atoms with Crippen LogP contribution in [0.25, 0.3) is 11.8 Å². The summed E-state index contributed by atoms with van der Waals surface area (Å²) in [5, 5.41) is 15.7. The highest BCUT2D eigenvalue weighted by molar-refractivity contribution is 8.26. The first-order chi connectivity index (χ1) is 15.8. The molecular formula is C22H20ClFN6O2S. The zero-order valence-electron chi connectivity index (χ0n) is 17.9. The van der Waals surface area contributed by atoms with Crippen molar-refractivity contribution < 1.29 is 13.9 Å². The largest absolute Gasteiger partial charge is 0.378 e. The fourth-order valence-electron chi connectivity index (χ4n) is 3.98. The highest BCUT2D eigenvalue weighted by Crippen LogP contribution is 2.31. The predicted octanol–water partition coefficient (Wildman–Crippen LogP) is 3.80. The lowest BCUT2D eigenvalue weighted by atomic mass is 10.1. The Morgan fingerprint density at radius 2 is 1.97 bits per heavy atom. The Hall–Kier alpha value is -2.95. The Morgan fingerprint density at radius 3 is 2.70 bits per heavy atom. The lowest BCUT2D eigenvalue weighted by Gasteiger charge is -2.26. The molecule has 8 nitrogen and oxygen atoms in total. The van der Waals surface area contributed by atoms with Gasteiger partial charge in [0.25, 0.3) is 5.91 Å². The minimum atomic E-state index is -0.486. The third-order valence-electron chi connectivity index (χ3n) is 5.66. The quantitative estimate of drug-likeness (QED) is 0.652. The number of aryl methyl sites for hydroxylation is 1. The molecule has 170 valence electrons. The van der Waals surface area contributed by atoms with Crippen molar-refractivity contribution in [2.45, 2.75) is 13.8 Å². The number of aromatic nitrogens is 1. The van der Waals surface area contributed by atoms with Crippen molar-refractivity contribution in [1.82, 2.24) is 14.5 Å². The summed E-state index contributed by atoms with van der Waals surface area (Å²) in [7, 11) is 0. The van der Waals surface area contributed by atoms with Gasteiger partial charge in [0, 0.05) is 30.2 Å². The number of aliphatic imine (C=N–C) groups is 1. The number of hydrazone groups is 1. The van der Waals surface area contributed by atoms with Gasteiger partial charge in [-0.3, -0.25) is 10.2 Å². The number of nitrogens with zero attached hydrogens (tertiary/aromatic N) is 5. The van der Waals surface area contributed by atoms with Gasteiger partial charge in [-0.25, -0.2) is 4.39 Å². The van der Waals surface area contributed by atoms with Gasteiger partial charge in [0.05, 0.1) is 23.8 Å². The van der Waals surface area contributed by atoms with Crippen LogP contribution in [0.3, 0.4) is 0 Å². The molecule has 0 unspecified atom stereocenters. The average molecular weight is 487 g/mol. The summed E-state index contributed by atoms with van der Waals surface area (Å²) < 4.78 is 20.9. The Labute approximate surface area is 198 Å². The number of benzene rings is 1. The fourth-order valence-corrected chi connectivity index (χ4v) is 5.09. The number of hydrogen-bond donors (Lipinski definition) is 1. The van der Waals surface area contributed by atoms with Gasteiger partial charge in [-0.2, -0.15) is 10.0 Å². The average Bonchev–Trinajstić information content (AvgIpc) is 3.34. The summed E-state index contributed by atoms with van der Waals surface area (Å²) in [4.78, 5) is 19.0. The molecule has 3 aliphatic rings. The van der Waals surface area contributed by atoms with E-state index < -0.39 is 11.7 Å². The van der Waals surface area contributed by atoms with Crippen molar-refractivity contribution in [1.29, 1.82) is 5.41 Å². The number of thioether (sulfide) groups is 1. The molecule has 33 heavy (non-hydrogen) atoms. The van der Waals surface area contributed by atoms with E-state index in [1.807, 2.05) is 24.5 Å². The first-order valence-electron chi connectivity index (χ1n) is 10.3. The molecular weight excluding hydrogens is 467 g/mol. The molecule has 0 radical (unpaired) electrons. The number of fused-ring (bicyclic) bond motifs is 1. The standard InChI is InChI=1S/C22H20ClFN6O2S/c1-12-9-14(13(2)29(12)15-3-4-18(24)17(23)11-15)10-16-19(25)30-21(26-20(16)31)33-22(27-30)28-5-7-32-8-6-28/h3-4,9-11,25H,5-8H2,1-2H3/b16-10-,25-19?. The summed E-state index contributed by atoms with van der Waals surface area (Å²) in [6, 6.07) is 6.42. The first-order valence-corrected chi connectivity index (χ1v) is 11.5. The topological polar surface area (TPSA) is 86.3 Å². The zero-order valence-corrected chi connectivity index (χ0v) is 19.5. The van der Waals surface area contributed by atoms with Gasteiger partial charge in [0.1, 0.15) is 5.82 Å². The van der Waals surface area contributed by atoms with Crippen molar-refractivity contribution >= 4 is 51.5 Å². The number of ether oxygens (including phenoxy) is 1. The smallest absolute Gasteiger partial charge is 0.283 e. The SMILES string of the molecule is Cc1cc(/C=C2/C(=N)N3N=C(N4CCOCC4)SC3=NC2=O)c(C)n1-c1ccc(F)c(Cl)c1. The van der Waals surface area contributed by atoms with Gasteiger partial charge in [0.15, 0.2) is 11.0 Å². The number of morpholine rings is 1. The van der Waals surface area contributed by atoms with Gasteiger partial charge in [0.2, 0.25) is 5.17 Å². The number of carbonyl (C=O) groups is 1. The maximum absolute atomic E-state index is 13.6. The van der Waals surface area contributed by atoms with Crippen LogP contribution in [-0.2, 0) is 9.53 Å². The van der Waals surface area contributed by atoms with Gasteiger partial charge >= 0.3 is 0 Å². The second-order valence-electron chi connectivity index (χ2n) is 7.76. The second-order valence-corrected chi connectivity index (χ2v) is 9.10. The molecule has 11 heteroatoms. The molecule has 0 atom stereocenters. The monoisotopic (exact) mass is 486 g/mol. The van der Waals surface area contributed by atoms with Crippen LogP contribution in [0.4, 0.5) is 4.39 Å². The van der Waals surface area contributed by atoms with Crippen LogP contribution < -0.4 is 0 Å². The number of carbonyl (C=O) groups excluding carboxylic acids is 1. The molecule has 1 amide bonds. The van der Waals surface area contributed by atoms with E-state index >= 15 is 0 Å². The van der Waals surface area contributed by atoms with E-state index in [0.29, 0.717) is 42.3 Å². The maximum atomic E-state index is 13.6. The van der Waals surface area contributed by atoms with Crippen molar-refractivity contribution in [3.63, 3.8) is 0 Å². The maximum Gasteiger partial charge on any atom is 0.283 e. The molecule has 1 N–H and O–H groups in total. The van der Waals surface area contributed by atoms with Crippen LogP contribution >= 0.6 is 23.4 Å². The molecule has 1 saturated heterocycles. The Morgan fingerprint density at radius 1 is 1.21 bits per heavy atom. The lowest BCUT2D eigenvalue weighted by Crippen LogP contribution is -2.39. The molecule has 0 spiro atoms. The minimum absolute atomic E-state index is 0.0182. The van der Waals surface area contributed by atoms with Gasteiger partial charge in [-0.05, 0) is 61.5 Å². The van der Waals surface area contributed by atoms with Crippen LogP contribution in [0.15, 0.2) is 39.9 Å². The van der Waals surface area contributed by atoms with Crippen LogP contribution in [0.2, 0.25) is 5.02 Å². The minimum Gasteiger partial charge on any atom is -0.378 e. The van der Waals surface area contributed by atoms with E-state index in [9.17, 15) is 9.18 Å². The molecule has 1 aromatic heterocycles. The molecule has 1 fully saturated rings. The molecule has 0 bridgehead atoms. The van der Waals surface area contributed by atoms with Crippen molar-refractivity contribution in [2.24, 2.45) is 10.1 Å². The number of hydrogen-bond acceptors (Lipinski definition) is 6.